The predicted molar refractivity (Wildman–Crippen MR) is 83.3 cm³/mol. The zero-order valence-electron chi connectivity index (χ0n) is 12.8. The molecule has 2 N–H and O–H groups in total. The molecule has 0 bridgehead atoms. The minimum atomic E-state index is -1.67. The van der Waals surface area contributed by atoms with Gasteiger partial charge in [-0.15, -0.1) is 0 Å². The SMILES string of the molecule is C[C@]12C=CCCC1=CC=C1[C@H]2CC[C@@]2(C)[C@H]1C=CC2(O)O. The predicted octanol–water partition coefficient (Wildman–Crippen LogP) is 3.49. The summed E-state index contributed by atoms with van der Waals surface area (Å²) in [5.41, 5.74) is 2.59. The highest BCUT2D eigenvalue weighted by molar-refractivity contribution is 5.44. The Morgan fingerprint density at radius 1 is 1.14 bits per heavy atom. The first-order chi connectivity index (χ1) is 9.88. The fourth-order valence-electron chi connectivity index (χ4n) is 5.12. The van der Waals surface area contributed by atoms with Crippen LogP contribution in [0.5, 0.6) is 0 Å². The van der Waals surface area contributed by atoms with E-state index < -0.39 is 11.2 Å². The van der Waals surface area contributed by atoms with Gasteiger partial charge in [0.15, 0.2) is 5.79 Å². The van der Waals surface area contributed by atoms with Gasteiger partial charge in [0.1, 0.15) is 0 Å². The molecule has 4 rings (SSSR count). The average molecular weight is 284 g/mol. The lowest BCUT2D eigenvalue weighted by Crippen LogP contribution is -2.51. The van der Waals surface area contributed by atoms with Crippen LogP contribution in [0.25, 0.3) is 0 Å². The van der Waals surface area contributed by atoms with E-state index in [2.05, 4.69) is 31.2 Å². The van der Waals surface area contributed by atoms with Crippen molar-refractivity contribution in [2.24, 2.45) is 22.7 Å². The standard InChI is InChI=1S/C19H24O2/c1-17-10-4-3-5-13(17)6-7-14-15(17)8-11-18(2)16(14)9-12-19(18,20)21/h4,6-7,9-10,12,15-16,20-21H,3,5,8,11H2,1-2H3/t15-,16+,17+,18+/m1/s1. The summed E-state index contributed by atoms with van der Waals surface area (Å²) in [5, 5.41) is 20.7. The van der Waals surface area contributed by atoms with E-state index in [1.54, 1.807) is 11.6 Å². The number of hydrogen-bond donors (Lipinski definition) is 2. The Balaban J connectivity index is 1.81. The number of hydrogen-bond acceptors (Lipinski definition) is 2. The van der Waals surface area contributed by atoms with Gasteiger partial charge < -0.3 is 10.2 Å². The van der Waals surface area contributed by atoms with Gasteiger partial charge in [-0.2, -0.15) is 0 Å². The Hall–Kier alpha value is -1.12. The minimum absolute atomic E-state index is 0.133. The molecule has 112 valence electrons. The highest BCUT2D eigenvalue weighted by Gasteiger charge is 2.59. The van der Waals surface area contributed by atoms with Crippen LogP contribution in [0.15, 0.2) is 47.6 Å². The lowest BCUT2D eigenvalue weighted by molar-refractivity contribution is -0.209. The van der Waals surface area contributed by atoms with Gasteiger partial charge >= 0.3 is 0 Å². The maximum absolute atomic E-state index is 10.3. The van der Waals surface area contributed by atoms with Crippen molar-refractivity contribution in [1.82, 2.24) is 0 Å². The van der Waals surface area contributed by atoms with E-state index in [-0.39, 0.29) is 11.3 Å². The summed E-state index contributed by atoms with van der Waals surface area (Å²) in [5.74, 6) is -1.02. The summed E-state index contributed by atoms with van der Waals surface area (Å²) in [6, 6.07) is 0. The Morgan fingerprint density at radius 2 is 1.95 bits per heavy atom. The normalized spacial score (nSPS) is 46.3. The number of fused-ring (bicyclic) bond motifs is 5. The number of allylic oxidation sites excluding steroid dienone is 7. The van der Waals surface area contributed by atoms with Crippen LogP contribution in [0.1, 0.15) is 39.5 Å². The van der Waals surface area contributed by atoms with Gasteiger partial charge in [-0.05, 0) is 37.7 Å². The van der Waals surface area contributed by atoms with Crippen LogP contribution in [-0.2, 0) is 0 Å². The first-order valence-electron chi connectivity index (χ1n) is 8.11. The molecule has 0 amide bonds. The Kier molecular flexibility index (Phi) is 2.57. The van der Waals surface area contributed by atoms with Crippen LogP contribution >= 0.6 is 0 Å². The molecule has 4 atom stereocenters. The Morgan fingerprint density at radius 3 is 2.76 bits per heavy atom. The summed E-state index contributed by atoms with van der Waals surface area (Å²) in [6.07, 6.45) is 17.1. The summed E-state index contributed by atoms with van der Waals surface area (Å²) >= 11 is 0. The lowest BCUT2D eigenvalue weighted by Gasteiger charge is -2.53. The van der Waals surface area contributed by atoms with Crippen LogP contribution in [0.2, 0.25) is 0 Å². The summed E-state index contributed by atoms with van der Waals surface area (Å²) in [7, 11) is 0. The Labute approximate surface area is 126 Å². The minimum Gasteiger partial charge on any atom is -0.362 e. The zero-order chi connectivity index (χ0) is 14.9. The van der Waals surface area contributed by atoms with Gasteiger partial charge in [0.2, 0.25) is 0 Å². The molecular formula is C19H24O2. The first kappa shape index (κ1) is 13.5. The Bertz CT molecular complexity index is 607. The topological polar surface area (TPSA) is 40.5 Å². The molecule has 0 aromatic heterocycles. The summed E-state index contributed by atoms with van der Waals surface area (Å²) in [4.78, 5) is 0. The van der Waals surface area contributed by atoms with Crippen molar-refractivity contribution in [3.05, 3.63) is 47.6 Å². The highest BCUT2D eigenvalue weighted by atomic mass is 16.5. The zero-order valence-corrected chi connectivity index (χ0v) is 12.8. The molecule has 0 saturated heterocycles. The van der Waals surface area contributed by atoms with Crippen LogP contribution in [-0.4, -0.2) is 16.0 Å². The lowest BCUT2D eigenvalue weighted by atomic mass is 9.52. The van der Waals surface area contributed by atoms with E-state index in [9.17, 15) is 10.2 Å². The molecule has 0 aliphatic heterocycles. The molecular weight excluding hydrogens is 260 g/mol. The summed E-state index contributed by atoms with van der Waals surface area (Å²) < 4.78 is 0. The van der Waals surface area contributed by atoms with Gasteiger partial charge in [0.25, 0.3) is 0 Å². The van der Waals surface area contributed by atoms with E-state index >= 15 is 0 Å². The second-order valence-corrected chi connectivity index (χ2v) is 7.65. The molecule has 1 fully saturated rings. The quantitative estimate of drug-likeness (QED) is 0.528. The van der Waals surface area contributed by atoms with Crippen molar-refractivity contribution in [2.45, 2.75) is 45.3 Å². The molecule has 0 unspecified atom stereocenters. The smallest absolute Gasteiger partial charge is 0.189 e. The van der Waals surface area contributed by atoms with Gasteiger partial charge in [-0.3, -0.25) is 0 Å². The van der Waals surface area contributed by atoms with E-state index in [1.165, 1.54) is 5.57 Å². The molecule has 2 heteroatoms. The fourth-order valence-corrected chi connectivity index (χ4v) is 5.12. The first-order valence-corrected chi connectivity index (χ1v) is 8.11. The monoisotopic (exact) mass is 284 g/mol. The molecule has 0 spiro atoms. The van der Waals surface area contributed by atoms with Gasteiger partial charge in [0, 0.05) is 16.7 Å². The third-order valence-corrected chi connectivity index (χ3v) is 6.70. The largest absolute Gasteiger partial charge is 0.362 e. The van der Waals surface area contributed by atoms with E-state index in [4.69, 9.17) is 0 Å². The molecule has 21 heavy (non-hydrogen) atoms. The van der Waals surface area contributed by atoms with Crippen LogP contribution in [0.4, 0.5) is 0 Å². The van der Waals surface area contributed by atoms with Crippen molar-refractivity contribution < 1.29 is 10.2 Å². The number of rotatable bonds is 0. The highest BCUT2D eigenvalue weighted by Crippen LogP contribution is 2.62. The van der Waals surface area contributed by atoms with E-state index in [1.807, 2.05) is 13.0 Å². The molecule has 0 aromatic rings. The third-order valence-electron chi connectivity index (χ3n) is 6.70. The summed E-state index contributed by atoms with van der Waals surface area (Å²) in [6.45, 7) is 4.38. The molecule has 4 aliphatic carbocycles. The van der Waals surface area contributed by atoms with Crippen molar-refractivity contribution in [2.75, 3.05) is 0 Å². The van der Waals surface area contributed by atoms with Gasteiger partial charge in [-0.25, -0.2) is 0 Å². The van der Waals surface area contributed by atoms with Crippen LogP contribution in [0.3, 0.4) is 0 Å². The maximum Gasteiger partial charge on any atom is 0.189 e. The van der Waals surface area contributed by atoms with E-state index in [0.29, 0.717) is 5.92 Å². The molecule has 0 aromatic carbocycles. The van der Waals surface area contributed by atoms with Gasteiger partial charge in [0.05, 0.1) is 0 Å². The molecule has 0 heterocycles. The van der Waals surface area contributed by atoms with Crippen LogP contribution < -0.4 is 0 Å². The fraction of sp³-hybridized carbons (Fsp3) is 0.579. The number of aliphatic hydroxyl groups is 2. The molecule has 0 radical (unpaired) electrons. The van der Waals surface area contributed by atoms with Crippen molar-refractivity contribution in [3.8, 4) is 0 Å². The second kappa shape index (κ2) is 3.99. The van der Waals surface area contributed by atoms with E-state index in [0.717, 1.165) is 25.7 Å². The maximum atomic E-state index is 10.3. The second-order valence-electron chi connectivity index (χ2n) is 7.65. The average Bonchev–Trinajstić information content (AvgIpc) is 2.69. The van der Waals surface area contributed by atoms with Gasteiger partial charge in [-0.1, -0.05) is 55.4 Å². The third kappa shape index (κ3) is 1.55. The van der Waals surface area contributed by atoms with Crippen molar-refractivity contribution >= 4 is 0 Å². The van der Waals surface area contributed by atoms with Crippen molar-refractivity contribution in [1.29, 1.82) is 0 Å². The molecule has 4 aliphatic rings. The van der Waals surface area contributed by atoms with Crippen molar-refractivity contribution in [3.63, 3.8) is 0 Å². The van der Waals surface area contributed by atoms with Crippen LogP contribution in [0, 0.1) is 22.7 Å². The molecule has 2 nitrogen and oxygen atoms in total. The molecule has 1 saturated carbocycles.